The minimum Gasteiger partial charge on any atom is -0.449 e. The molecular formula is C18H14Cl2FNO3. The number of benzene rings is 2. The Kier molecular flexibility index (Phi) is 6.56. The quantitative estimate of drug-likeness (QED) is 0.602. The van der Waals surface area contributed by atoms with Gasteiger partial charge in [-0.15, -0.1) is 0 Å². The highest BCUT2D eigenvalue weighted by atomic mass is 35.5. The molecule has 0 radical (unpaired) electrons. The summed E-state index contributed by atoms with van der Waals surface area (Å²) in [6.45, 7) is 1.42. The van der Waals surface area contributed by atoms with Crippen molar-refractivity contribution in [3.05, 3.63) is 70.0 Å². The molecule has 0 aliphatic carbocycles. The molecule has 0 aromatic heterocycles. The molecule has 1 amide bonds. The maximum atomic E-state index is 13.0. The van der Waals surface area contributed by atoms with Gasteiger partial charge in [0, 0.05) is 11.1 Å². The first-order chi connectivity index (χ1) is 11.8. The average molecular weight is 382 g/mol. The van der Waals surface area contributed by atoms with Crippen LogP contribution >= 0.6 is 23.2 Å². The topological polar surface area (TPSA) is 55.4 Å². The van der Waals surface area contributed by atoms with Gasteiger partial charge in [-0.3, -0.25) is 4.79 Å². The highest BCUT2D eigenvalue weighted by molar-refractivity contribution is 6.33. The predicted octanol–water partition coefficient (Wildman–Crippen LogP) is 4.72. The van der Waals surface area contributed by atoms with Crippen LogP contribution < -0.4 is 5.32 Å². The number of anilines is 1. The predicted molar refractivity (Wildman–Crippen MR) is 96.1 cm³/mol. The van der Waals surface area contributed by atoms with Crippen molar-refractivity contribution in [2.75, 3.05) is 5.32 Å². The van der Waals surface area contributed by atoms with E-state index in [-0.39, 0.29) is 10.7 Å². The molecule has 0 aliphatic rings. The molecular weight excluding hydrogens is 368 g/mol. The van der Waals surface area contributed by atoms with Crippen molar-refractivity contribution < 1.29 is 18.7 Å². The normalized spacial score (nSPS) is 12.0. The minimum atomic E-state index is -1.05. The molecule has 1 atom stereocenters. The zero-order chi connectivity index (χ0) is 18.4. The lowest BCUT2D eigenvalue weighted by molar-refractivity contribution is -0.148. The van der Waals surface area contributed by atoms with E-state index in [1.54, 1.807) is 30.3 Å². The third kappa shape index (κ3) is 5.89. The number of rotatable bonds is 5. The first-order valence-electron chi connectivity index (χ1n) is 7.25. The second-order valence-electron chi connectivity index (χ2n) is 5.08. The Hall–Kier alpha value is -2.37. The SMILES string of the molecule is C[C@@H](OC(=O)/C=C/c1ccc(Cl)cc1)C(=O)Nc1ccc(F)cc1Cl. The third-order valence-electron chi connectivity index (χ3n) is 3.13. The van der Waals surface area contributed by atoms with Gasteiger partial charge < -0.3 is 10.1 Å². The largest absolute Gasteiger partial charge is 0.449 e. The fourth-order valence-corrected chi connectivity index (χ4v) is 2.17. The van der Waals surface area contributed by atoms with Crippen molar-refractivity contribution in [2.24, 2.45) is 0 Å². The van der Waals surface area contributed by atoms with E-state index < -0.39 is 23.8 Å². The molecule has 0 bridgehead atoms. The highest BCUT2D eigenvalue weighted by Crippen LogP contribution is 2.22. The smallest absolute Gasteiger partial charge is 0.331 e. The number of amides is 1. The molecule has 0 aliphatic heterocycles. The Morgan fingerprint density at radius 3 is 2.48 bits per heavy atom. The summed E-state index contributed by atoms with van der Waals surface area (Å²) in [5, 5.41) is 3.11. The second kappa shape index (κ2) is 8.65. The molecule has 0 spiro atoms. The van der Waals surface area contributed by atoms with E-state index in [1.165, 1.54) is 19.1 Å². The summed E-state index contributed by atoms with van der Waals surface area (Å²) in [4.78, 5) is 23.8. The van der Waals surface area contributed by atoms with Gasteiger partial charge in [-0.25, -0.2) is 9.18 Å². The number of carbonyl (C=O) groups excluding carboxylic acids is 2. The van der Waals surface area contributed by atoms with Gasteiger partial charge in [0.25, 0.3) is 5.91 Å². The summed E-state index contributed by atoms with van der Waals surface area (Å²) in [6.07, 6.45) is 1.70. The van der Waals surface area contributed by atoms with E-state index in [9.17, 15) is 14.0 Å². The van der Waals surface area contributed by atoms with Crippen LogP contribution in [0, 0.1) is 5.82 Å². The highest BCUT2D eigenvalue weighted by Gasteiger charge is 2.17. The van der Waals surface area contributed by atoms with Crippen LogP contribution in [0.4, 0.5) is 10.1 Å². The van der Waals surface area contributed by atoms with E-state index in [2.05, 4.69) is 5.32 Å². The molecule has 0 unspecified atom stereocenters. The van der Waals surface area contributed by atoms with Crippen LogP contribution in [0.5, 0.6) is 0 Å². The zero-order valence-corrected chi connectivity index (χ0v) is 14.6. The monoisotopic (exact) mass is 381 g/mol. The number of esters is 1. The number of carbonyl (C=O) groups is 2. The summed E-state index contributed by atoms with van der Waals surface area (Å²) >= 11 is 11.6. The molecule has 0 saturated heterocycles. The van der Waals surface area contributed by atoms with Crippen molar-refractivity contribution in [3.63, 3.8) is 0 Å². The molecule has 0 saturated carbocycles. The van der Waals surface area contributed by atoms with E-state index in [0.29, 0.717) is 5.02 Å². The van der Waals surface area contributed by atoms with Crippen LogP contribution in [0.2, 0.25) is 10.0 Å². The molecule has 4 nitrogen and oxygen atoms in total. The Morgan fingerprint density at radius 2 is 1.84 bits per heavy atom. The first kappa shape index (κ1) is 19.0. The lowest BCUT2D eigenvalue weighted by Crippen LogP contribution is -2.29. The Bertz CT molecular complexity index is 806. The lowest BCUT2D eigenvalue weighted by atomic mass is 10.2. The number of hydrogen-bond donors (Lipinski definition) is 1. The van der Waals surface area contributed by atoms with Gasteiger partial charge in [0.05, 0.1) is 10.7 Å². The van der Waals surface area contributed by atoms with Gasteiger partial charge in [0.1, 0.15) is 5.82 Å². The van der Waals surface area contributed by atoms with E-state index in [0.717, 1.165) is 17.7 Å². The third-order valence-corrected chi connectivity index (χ3v) is 3.70. The summed E-state index contributed by atoms with van der Waals surface area (Å²) in [7, 11) is 0. The lowest BCUT2D eigenvalue weighted by Gasteiger charge is -2.13. The number of ether oxygens (including phenoxy) is 1. The summed E-state index contributed by atoms with van der Waals surface area (Å²) in [6, 6.07) is 10.4. The van der Waals surface area contributed by atoms with Crippen LogP contribution in [-0.4, -0.2) is 18.0 Å². The average Bonchev–Trinajstić information content (AvgIpc) is 2.56. The molecule has 2 rings (SSSR count). The maximum absolute atomic E-state index is 13.0. The Morgan fingerprint density at radius 1 is 1.16 bits per heavy atom. The molecule has 0 heterocycles. The van der Waals surface area contributed by atoms with Gasteiger partial charge >= 0.3 is 5.97 Å². The standard InChI is InChI=1S/C18H14Cl2FNO3/c1-11(18(24)22-16-8-7-14(21)10-15(16)20)25-17(23)9-4-12-2-5-13(19)6-3-12/h2-11H,1H3,(H,22,24)/b9-4+/t11-/m1/s1. The fourth-order valence-electron chi connectivity index (χ4n) is 1.83. The molecule has 130 valence electrons. The van der Waals surface area contributed by atoms with Crippen LogP contribution in [-0.2, 0) is 14.3 Å². The van der Waals surface area contributed by atoms with Crippen molar-refractivity contribution in [1.29, 1.82) is 0 Å². The summed E-state index contributed by atoms with van der Waals surface area (Å²) in [5.74, 6) is -1.78. The van der Waals surface area contributed by atoms with E-state index in [4.69, 9.17) is 27.9 Å². The molecule has 2 aromatic carbocycles. The molecule has 7 heteroatoms. The molecule has 25 heavy (non-hydrogen) atoms. The molecule has 1 N–H and O–H groups in total. The minimum absolute atomic E-state index is 0.0505. The van der Waals surface area contributed by atoms with Crippen molar-refractivity contribution >= 4 is 46.8 Å². The van der Waals surface area contributed by atoms with Crippen molar-refractivity contribution in [3.8, 4) is 0 Å². The van der Waals surface area contributed by atoms with Crippen LogP contribution in [0.15, 0.2) is 48.5 Å². The van der Waals surface area contributed by atoms with E-state index in [1.807, 2.05) is 0 Å². The van der Waals surface area contributed by atoms with Crippen LogP contribution in [0.25, 0.3) is 6.08 Å². The summed E-state index contributed by atoms with van der Waals surface area (Å²) in [5.41, 5.74) is 0.990. The molecule has 2 aromatic rings. The fraction of sp³-hybridized carbons (Fsp3) is 0.111. The Labute approximate surface area is 154 Å². The van der Waals surface area contributed by atoms with Gasteiger partial charge in [-0.2, -0.15) is 0 Å². The van der Waals surface area contributed by atoms with Gasteiger partial charge in [0.2, 0.25) is 0 Å². The van der Waals surface area contributed by atoms with Gasteiger partial charge in [-0.1, -0.05) is 35.3 Å². The second-order valence-corrected chi connectivity index (χ2v) is 5.92. The summed E-state index contributed by atoms with van der Waals surface area (Å²) < 4.78 is 18.0. The van der Waals surface area contributed by atoms with Crippen LogP contribution in [0.1, 0.15) is 12.5 Å². The number of nitrogens with one attached hydrogen (secondary N) is 1. The zero-order valence-electron chi connectivity index (χ0n) is 13.1. The van der Waals surface area contributed by atoms with Gasteiger partial charge in [-0.05, 0) is 48.9 Å². The van der Waals surface area contributed by atoms with Crippen LogP contribution in [0.3, 0.4) is 0 Å². The van der Waals surface area contributed by atoms with Crippen molar-refractivity contribution in [1.82, 2.24) is 0 Å². The first-order valence-corrected chi connectivity index (χ1v) is 8.01. The van der Waals surface area contributed by atoms with E-state index >= 15 is 0 Å². The molecule has 0 fully saturated rings. The Balaban J connectivity index is 1.91. The number of hydrogen-bond acceptors (Lipinski definition) is 3. The maximum Gasteiger partial charge on any atom is 0.331 e. The number of halogens is 3. The van der Waals surface area contributed by atoms with Gasteiger partial charge in [0.15, 0.2) is 6.10 Å². The van der Waals surface area contributed by atoms with Crippen molar-refractivity contribution in [2.45, 2.75) is 13.0 Å².